The molecule has 0 amide bonds. The van der Waals surface area contributed by atoms with Gasteiger partial charge in [-0.2, -0.15) is 0 Å². The minimum absolute atomic E-state index is 0.0525. The van der Waals surface area contributed by atoms with E-state index in [1.165, 1.54) is 6.07 Å². The van der Waals surface area contributed by atoms with Crippen molar-refractivity contribution in [3.63, 3.8) is 0 Å². The van der Waals surface area contributed by atoms with Gasteiger partial charge in [0, 0.05) is 23.6 Å². The van der Waals surface area contributed by atoms with Crippen molar-refractivity contribution in [1.82, 2.24) is 4.57 Å². The van der Waals surface area contributed by atoms with E-state index in [0.717, 1.165) is 0 Å². The van der Waals surface area contributed by atoms with Gasteiger partial charge in [-0.15, -0.1) is 0 Å². The predicted molar refractivity (Wildman–Crippen MR) is 77.3 cm³/mol. The van der Waals surface area contributed by atoms with E-state index in [9.17, 15) is 14.4 Å². The molecule has 5 nitrogen and oxygen atoms in total. The molecule has 3 rings (SSSR count). The average Bonchev–Trinajstić information content (AvgIpc) is 2.76. The molecule has 5 heteroatoms. The van der Waals surface area contributed by atoms with Gasteiger partial charge in [0.15, 0.2) is 5.43 Å². The molecule has 0 spiro atoms. The highest BCUT2D eigenvalue weighted by Gasteiger charge is 2.33. The highest BCUT2D eigenvalue weighted by molar-refractivity contribution is 5.96. The Balaban J connectivity index is 2.02. The summed E-state index contributed by atoms with van der Waals surface area (Å²) < 4.78 is 6.46. The van der Waals surface area contributed by atoms with Crippen molar-refractivity contribution in [3.05, 3.63) is 46.2 Å². The minimum Gasteiger partial charge on any atom is -0.466 e. The molecule has 0 saturated carbocycles. The van der Waals surface area contributed by atoms with Crippen LogP contribution in [0.25, 0.3) is 10.9 Å². The molecule has 21 heavy (non-hydrogen) atoms. The first kappa shape index (κ1) is 13.5. The summed E-state index contributed by atoms with van der Waals surface area (Å²) in [4.78, 5) is 36.2. The Labute approximate surface area is 121 Å². The second-order valence-corrected chi connectivity index (χ2v) is 5.10. The summed E-state index contributed by atoms with van der Waals surface area (Å²) >= 11 is 0. The molecule has 0 radical (unpaired) electrons. The second kappa shape index (κ2) is 5.16. The van der Waals surface area contributed by atoms with Crippen molar-refractivity contribution in [2.24, 2.45) is 5.92 Å². The van der Waals surface area contributed by atoms with E-state index in [4.69, 9.17) is 4.74 Å². The van der Waals surface area contributed by atoms with E-state index in [0.29, 0.717) is 29.6 Å². The Bertz CT molecular complexity index is 790. The summed E-state index contributed by atoms with van der Waals surface area (Å²) in [5, 5.41) is 0.520. The lowest BCUT2D eigenvalue weighted by Gasteiger charge is -2.08. The number of para-hydroxylation sites is 1. The molecule has 1 atom stereocenters. The fourth-order valence-corrected chi connectivity index (χ4v) is 2.84. The maximum atomic E-state index is 12.5. The Morgan fingerprint density at radius 2 is 2.10 bits per heavy atom. The van der Waals surface area contributed by atoms with E-state index >= 15 is 0 Å². The first-order valence-electron chi connectivity index (χ1n) is 6.95. The molecule has 0 N–H and O–H groups in total. The summed E-state index contributed by atoms with van der Waals surface area (Å²) in [6.45, 7) is 2.03. The van der Waals surface area contributed by atoms with Crippen LogP contribution in [0.3, 0.4) is 0 Å². The quantitative estimate of drug-likeness (QED) is 0.806. The number of pyridine rings is 1. The maximum Gasteiger partial charge on any atom is 0.306 e. The third-order valence-electron chi connectivity index (χ3n) is 3.74. The number of fused-ring (bicyclic) bond motifs is 3. The van der Waals surface area contributed by atoms with Gasteiger partial charge in [-0.25, -0.2) is 0 Å². The summed E-state index contributed by atoms with van der Waals surface area (Å²) in [6.07, 6.45) is 0.453. The second-order valence-electron chi connectivity index (χ2n) is 5.10. The number of benzene rings is 1. The van der Waals surface area contributed by atoms with Crippen LogP contribution in [-0.2, 0) is 16.0 Å². The molecule has 2 heterocycles. The zero-order valence-electron chi connectivity index (χ0n) is 11.7. The van der Waals surface area contributed by atoms with Gasteiger partial charge in [-0.1, -0.05) is 12.1 Å². The molecule has 1 aliphatic heterocycles. The molecule has 1 aromatic carbocycles. The Hall–Kier alpha value is -2.43. The van der Waals surface area contributed by atoms with Gasteiger partial charge < -0.3 is 4.74 Å². The van der Waals surface area contributed by atoms with Gasteiger partial charge in [-0.3, -0.25) is 19.0 Å². The van der Waals surface area contributed by atoms with Gasteiger partial charge in [0.2, 0.25) is 5.91 Å². The van der Waals surface area contributed by atoms with Crippen molar-refractivity contribution < 1.29 is 14.3 Å². The molecule has 1 aromatic heterocycles. The molecule has 1 unspecified atom stereocenters. The van der Waals surface area contributed by atoms with Gasteiger partial charge >= 0.3 is 5.97 Å². The van der Waals surface area contributed by atoms with Crippen LogP contribution < -0.4 is 5.43 Å². The van der Waals surface area contributed by atoms with Gasteiger partial charge in [0.1, 0.15) is 0 Å². The molecule has 108 valence electrons. The third kappa shape index (κ3) is 2.24. The van der Waals surface area contributed by atoms with Crippen LogP contribution in [0, 0.1) is 5.92 Å². The highest BCUT2D eigenvalue weighted by atomic mass is 16.5. The van der Waals surface area contributed by atoms with E-state index in [1.54, 1.807) is 35.8 Å². The Morgan fingerprint density at radius 1 is 1.33 bits per heavy atom. The van der Waals surface area contributed by atoms with Gasteiger partial charge in [-0.05, 0) is 19.1 Å². The zero-order chi connectivity index (χ0) is 15.0. The van der Waals surface area contributed by atoms with Crippen LogP contribution in [0.4, 0.5) is 0 Å². The first-order chi connectivity index (χ1) is 10.1. The lowest BCUT2D eigenvalue weighted by atomic mass is 10.0. The zero-order valence-corrected chi connectivity index (χ0v) is 11.7. The minimum atomic E-state index is -0.450. The standard InChI is InChI=1S/C16H15NO4/c1-2-21-15(19)8-10-7-11-9-14(18)12-5-3-4-6-13(12)17(11)16(10)20/h3-6,9-10H,2,7-8H2,1H3. The summed E-state index contributed by atoms with van der Waals surface area (Å²) in [5.41, 5.74) is 1.18. The number of ether oxygens (including phenoxy) is 1. The largest absolute Gasteiger partial charge is 0.466 e. The number of carbonyl (C=O) groups excluding carboxylic acids is 2. The topological polar surface area (TPSA) is 65.4 Å². The van der Waals surface area contributed by atoms with Crippen LogP contribution in [0.1, 0.15) is 23.8 Å². The normalized spacial score (nSPS) is 17.0. The predicted octanol–water partition coefficient (Wildman–Crippen LogP) is 1.77. The van der Waals surface area contributed by atoms with Crippen LogP contribution in [-0.4, -0.2) is 23.1 Å². The number of hydrogen-bond donors (Lipinski definition) is 0. The van der Waals surface area contributed by atoms with Crippen molar-refractivity contribution in [3.8, 4) is 0 Å². The number of esters is 1. The lowest BCUT2D eigenvalue weighted by molar-refractivity contribution is -0.143. The van der Waals surface area contributed by atoms with Gasteiger partial charge in [0.25, 0.3) is 0 Å². The highest BCUT2D eigenvalue weighted by Crippen LogP contribution is 2.26. The number of carbonyl (C=O) groups is 2. The van der Waals surface area contributed by atoms with Crippen LogP contribution in [0.2, 0.25) is 0 Å². The molecule has 0 fully saturated rings. The Morgan fingerprint density at radius 3 is 2.86 bits per heavy atom. The number of rotatable bonds is 3. The van der Waals surface area contributed by atoms with Crippen molar-refractivity contribution >= 4 is 22.8 Å². The maximum absolute atomic E-state index is 12.5. The van der Waals surface area contributed by atoms with E-state index < -0.39 is 5.92 Å². The van der Waals surface area contributed by atoms with Gasteiger partial charge in [0.05, 0.1) is 24.5 Å². The first-order valence-corrected chi connectivity index (χ1v) is 6.95. The third-order valence-corrected chi connectivity index (χ3v) is 3.74. The molecular formula is C16H15NO4. The fraction of sp³-hybridized carbons (Fsp3) is 0.312. The number of nitrogens with zero attached hydrogens (tertiary/aromatic N) is 1. The van der Waals surface area contributed by atoms with Crippen molar-refractivity contribution in [2.45, 2.75) is 19.8 Å². The SMILES string of the molecule is CCOC(=O)CC1Cc2cc(=O)c3ccccc3n2C1=O. The summed E-state index contributed by atoms with van der Waals surface area (Å²) in [6, 6.07) is 8.51. The van der Waals surface area contributed by atoms with E-state index in [2.05, 4.69) is 0 Å². The van der Waals surface area contributed by atoms with E-state index in [-0.39, 0.29) is 23.7 Å². The van der Waals surface area contributed by atoms with Crippen LogP contribution >= 0.6 is 0 Å². The number of hydrogen-bond acceptors (Lipinski definition) is 4. The van der Waals surface area contributed by atoms with Crippen LogP contribution in [0.15, 0.2) is 35.1 Å². The molecule has 2 aromatic rings. The summed E-state index contributed by atoms with van der Waals surface area (Å²) in [7, 11) is 0. The van der Waals surface area contributed by atoms with Crippen molar-refractivity contribution in [2.75, 3.05) is 6.61 Å². The molecule has 0 saturated heterocycles. The van der Waals surface area contributed by atoms with Crippen LogP contribution in [0.5, 0.6) is 0 Å². The summed E-state index contributed by atoms with van der Waals surface area (Å²) in [5.74, 6) is -0.973. The lowest BCUT2D eigenvalue weighted by Crippen LogP contribution is -2.20. The number of aromatic nitrogens is 1. The smallest absolute Gasteiger partial charge is 0.306 e. The Kier molecular flexibility index (Phi) is 3.33. The fourth-order valence-electron chi connectivity index (χ4n) is 2.84. The van der Waals surface area contributed by atoms with E-state index in [1.807, 2.05) is 0 Å². The molecule has 1 aliphatic rings. The van der Waals surface area contributed by atoms with Crippen molar-refractivity contribution in [1.29, 1.82) is 0 Å². The molecule has 0 bridgehead atoms. The molecule has 0 aliphatic carbocycles. The molecular weight excluding hydrogens is 270 g/mol. The average molecular weight is 285 g/mol. The monoisotopic (exact) mass is 285 g/mol.